The quantitative estimate of drug-likeness (QED) is 0.471. The van der Waals surface area contributed by atoms with Crippen LogP contribution in [-0.4, -0.2) is 40.2 Å². The van der Waals surface area contributed by atoms with Crippen LogP contribution in [0.15, 0.2) is 24.3 Å². The number of ether oxygens (including phenoxy) is 2. The number of fused-ring (bicyclic) bond motifs is 1. The van der Waals surface area contributed by atoms with Gasteiger partial charge in [-0.1, -0.05) is 0 Å². The topological polar surface area (TPSA) is 85.2 Å². The highest BCUT2D eigenvalue weighted by atomic mass is 16.6. The van der Waals surface area contributed by atoms with Crippen molar-refractivity contribution in [3.8, 4) is 0 Å². The van der Waals surface area contributed by atoms with E-state index >= 15 is 0 Å². The molecule has 0 bridgehead atoms. The van der Waals surface area contributed by atoms with Gasteiger partial charge in [0.25, 0.3) is 5.69 Å². The molecule has 2 fully saturated rings. The molecule has 0 spiro atoms. The fraction of sp³-hybridized carbons (Fsp3) is 0.588. The second-order valence-electron chi connectivity index (χ2n) is 7.49. The molecule has 1 aromatic carbocycles. The van der Waals surface area contributed by atoms with Gasteiger partial charge in [-0.25, -0.2) is 4.79 Å². The van der Waals surface area contributed by atoms with E-state index in [0.717, 1.165) is 5.56 Å². The van der Waals surface area contributed by atoms with Gasteiger partial charge in [-0.05, 0) is 45.4 Å². The Labute approximate surface area is 140 Å². The van der Waals surface area contributed by atoms with Gasteiger partial charge in [-0.3, -0.25) is 10.1 Å². The number of benzene rings is 1. The third-order valence-corrected chi connectivity index (χ3v) is 4.50. The maximum atomic E-state index is 12.3. The molecule has 2 heterocycles. The Bertz CT molecular complexity index is 667. The summed E-state index contributed by atoms with van der Waals surface area (Å²) in [6.45, 7) is 7.96. The smallest absolute Gasteiger partial charge is 0.410 e. The zero-order chi connectivity index (χ0) is 17.7. The molecular formula is C17H22N2O5. The van der Waals surface area contributed by atoms with Gasteiger partial charge in [0.15, 0.2) is 0 Å². The molecule has 0 radical (unpaired) electrons. The van der Waals surface area contributed by atoms with Crippen molar-refractivity contribution < 1.29 is 19.2 Å². The lowest BCUT2D eigenvalue weighted by Crippen LogP contribution is -2.49. The molecule has 0 N–H and O–H groups in total. The monoisotopic (exact) mass is 334 g/mol. The van der Waals surface area contributed by atoms with E-state index in [4.69, 9.17) is 9.47 Å². The molecule has 1 amide bonds. The zero-order valence-electron chi connectivity index (χ0n) is 14.3. The van der Waals surface area contributed by atoms with Crippen molar-refractivity contribution in [3.05, 3.63) is 39.9 Å². The lowest BCUT2D eigenvalue weighted by Gasteiger charge is -2.36. The number of non-ortho nitro benzene ring substituents is 1. The molecule has 3 atom stereocenters. The summed E-state index contributed by atoms with van der Waals surface area (Å²) in [6, 6.07) is 6.44. The summed E-state index contributed by atoms with van der Waals surface area (Å²) in [5, 5.41) is 10.8. The minimum absolute atomic E-state index is 0.0335. The van der Waals surface area contributed by atoms with Crippen molar-refractivity contribution in [2.45, 2.75) is 57.5 Å². The fourth-order valence-corrected chi connectivity index (χ4v) is 3.30. The predicted octanol–water partition coefficient (Wildman–Crippen LogP) is 3.22. The van der Waals surface area contributed by atoms with Crippen LogP contribution in [-0.2, 0) is 15.1 Å². The van der Waals surface area contributed by atoms with Gasteiger partial charge in [0.1, 0.15) is 17.3 Å². The Morgan fingerprint density at radius 3 is 2.54 bits per heavy atom. The highest BCUT2D eigenvalue weighted by Crippen LogP contribution is 2.53. The number of hydrogen-bond donors (Lipinski definition) is 0. The van der Waals surface area contributed by atoms with Crippen LogP contribution in [0.1, 0.15) is 39.7 Å². The number of likely N-dealkylation sites (tertiary alicyclic amines) is 1. The van der Waals surface area contributed by atoms with E-state index in [1.54, 1.807) is 17.0 Å². The number of rotatable bonds is 2. The molecule has 0 aromatic heterocycles. The average molecular weight is 334 g/mol. The Hall–Kier alpha value is -2.15. The van der Waals surface area contributed by atoms with Crippen LogP contribution >= 0.6 is 0 Å². The summed E-state index contributed by atoms with van der Waals surface area (Å²) in [4.78, 5) is 24.4. The molecule has 7 nitrogen and oxygen atoms in total. The number of nitro benzene ring substituents is 1. The second kappa shape index (κ2) is 5.44. The first kappa shape index (κ1) is 16.7. The number of carbonyl (C=O) groups excluding carboxylic acids is 1. The number of piperidine rings is 1. The van der Waals surface area contributed by atoms with Gasteiger partial charge in [0, 0.05) is 24.6 Å². The number of epoxide rings is 1. The Balaban J connectivity index is 1.73. The van der Waals surface area contributed by atoms with Gasteiger partial charge in [-0.2, -0.15) is 0 Å². The van der Waals surface area contributed by atoms with Gasteiger partial charge in [-0.15, -0.1) is 0 Å². The van der Waals surface area contributed by atoms with E-state index in [2.05, 4.69) is 0 Å². The maximum absolute atomic E-state index is 12.3. The first-order valence-electron chi connectivity index (χ1n) is 8.05. The highest BCUT2D eigenvalue weighted by molar-refractivity contribution is 5.69. The molecule has 2 aliphatic heterocycles. The predicted molar refractivity (Wildman–Crippen MR) is 86.7 cm³/mol. The lowest BCUT2D eigenvalue weighted by atomic mass is 9.85. The summed E-state index contributed by atoms with van der Waals surface area (Å²) in [6.07, 6.45) is 0.222. The van der Waals surface area contributed by atoms with Crippen molar-refractivity contribution in [3.63, 3.8) is 0 Å². The number of nitrogens with zero attached hydrogens (tertiary/aromatic N) is 2. The zero-order valence-corrected chi connectivity index (χ0v) is 14.3. The van der Waals surface area contributed by atoms with Crippen LogP contribution in [0, 0.1) is 10.1 Å². The van der Waals surface area contributed by atoms with Crippen molar-refractivity contribution in [2.24, 2.45) is 0 Å². The molecular weight excluding hydrogens is 312 g/mol. The molecule has 0 aliphatic carbocycles. The summed E-state index contributed by atoms with van der Waals surface area (Å²) in [5.74, 6) is 0. The maximum Gasteiger partial charge on any atom is 0.410 e. The summed E-state index contributed by atoms with van der Waals surface area (Å²) in [5.41, 5.74) is 0.0154. The van der Waals surface area contributed by atoms with Crippen molar-refractivity contribution in [1.82, 2.24) is 4.90 Å². The Kier molecular flexibility index (Phi) is 3.79. The molecule has 1 aromatic rings. The highest BCUT2D eigenvalue weighted by Gasteiger charge is 2.62. The standard InChI is InChI=1S/C17H22N2O5/c1-11-9-17(12-5-7-13(8-6-12)19(21)22)14(23-17)10-18(11)15(20)24-16(2,3)4/h5-8,11,14H,9-10H2,1-4H3/t11-,14+,17-/m1/s1. The SMILES string of the molecule is C[C@@H]1C[C@]2(c3ccc([N+](=O)[O-])cc3)O[C@H]2CN1C(=O)OC(C)(C)C. The summed E-state index contributed by atoms with van der Waals surface area (Å²) in [7, 11) is 0. The largest absolute Gasteiger partial charge is 0.444 e. The van der Waals surface area contributed by atoms with Gasteiger partial charge < -0.3 is 14.4 Å². The Morgan fingerprint density at radius 2 is 2.00 bits per heavy atom. The minimum Gasteiger partial charge on any atom is -0.444 e. The number of nitro groups is 1. The average Bonchev–Trinajstić information content (AvgIpc) is 3.19. The van der Waals surface area contributed by atoms with Crippen LogP contribution < -0.4 is 0 Å². The molecule has 130 valence electrons. The van der Waals surface area contributed by atoms with Gasteiger partial charge >= 0.3 is 6.09 Å². The van der Waals surface area contributed by atoms with E-state index < -0.39 is 16.1 Å². The Morgan fingerprint density at radius 1 is 1.38 bits per heavy atom. The summed E-state index contributed by atoms with van der Waals surface area (Å²) >= 11 is 0. The van der Waals surface area contributed by atoms with E-state index in [0.29, 0.717) is 13.0 Å². The molecule has 0 saturated carbocycles. The second-order valence-corrected chi connectivity index (χ2v) is 7.49. The van der Waals surface area contributed by atoms with Crippen LogP contribution in [0.2, 0.25) is 0 Å². The molecule has 3 rings (SSSR count). The van der Waals surface area contributed by atoms with Crippen molar-refractivity contribution >= 4 is 11.8 Å². The van der Waals surface area contributed by atoms with Crippen molar-refractivity contribution in [1.29, 1.82) is 0 Å². The van der Waals surface area contributed by atoms with E-state index in [-0.39, 0.29) is 23.9 Å². The van der Waals surface area contributed by atoms with E-state index in [1.807, 2.05) is 27.7 Å². The number of amides is 1. The van der Waals surface area contributed by atoms with Crippen LogP contribution in [0.25, 0.3) is 0 Å². The fourth-order valence-electron chi connectivity index (χ4n) is 3.30. The first-order valence-corrected chi connectivity index (χ1v) is 8.05. The minimum atomic E-state index is -0.534. The molecule has 7 heteroatoms. The molecule has 2 saturated heterocycles. The molecule has 2 aliphatic rings. The molecule has 24 heavy (non-hydrogen) atoms. The first-order chi connectivity index (χ1) is 11.1. The van der Waals surface area contributed by atoms with Crippen LogP contribution in [0.4, 0.5) is 10.5 Å². The van der Waals surface area contributed by atoms with Crippen LogP contribution in [0.3, 0.4) is 0 Å². The lowest BCUT2D eigenvalue weighted by molar-refractivity contribution is -0.384. The number of carbonyl (C=O) groups is 1. The summed E-state index contributed by atoms with van der Waals surface area (Å²) < 4.78 is 11.4. The normalized spacial score (nSPS) is 28.9. The van der Waals surface area contributed by atoms with Gasteiger partial charge in [0.05, 0.1) is 11.5 Å². The van der Waals surface area contributed by atoms with Crippen molar-refractivity contribution in [2.75, 3.05) is 6.54 Å². The van der Waals surface area contributed by atoms with Crippen LogP contribution in [0.5, 0.6) is 0 Å². The third kappa shape index (κ3) is 2.96. The van der Waals surface area contributed by atoms with Gasteiger partial charge in [0.2, 0.25) is 0 Å². The third-order valence-electron chi connectivity index (χ3n) is 4.50. The van der Waals surface area contributed by atoms with E-state index in [1.165, 1.54) is 12.1 Å². The molecule has 0 unspecified atom stereocenters. The van der Waals surface area contributed by atoms with E-state index in [9.17, 15) is 14.9 Å². The number of hydrogen-bond acceptors (Lipinski definition) is 5.